The lowest BCUT2D eigenvalue weighted by molar-refractivity contribution is 0.531. The number of azo groups is 1. The van der Waals surface area contributed by atoms with Crippen molar-refractivity contribution in [2.24, 2.45) is 36.0 Å². The summed E-state index contributed by atoms with van der Waals surface area (Å²) in [5, 5.41) is 11.6. The molecule has 8 heteroatoms. The number of amidine groups is 1. The minimum Gasteiger partial charge on any atom is -0.267 e. The topological polar surface area (TPSA) is 92.5 Å². The maximum atomic E-state index is 4.13. The van der Waals surface area contributed by atoms with Crippen molar-refractivity contribution < 1.29 is 0 Å². The fourth-order valence-corrected chi connectivity index (χ4v) is 1.81. The number of aliphatic imine (C=N–C) groups is 3. The molecule has 2 aliphatic rings. The van der Waals surface area contributed by atoms with Crippen molar-refractivity contribution in [2.75, 3.05) is 13.2 Å². The first-order chi connectivity index (χ1) is 15.0. The summed E-state index contributed by atoms with van der Waals surface area (Å²) in [5.41, 5.74) is 1.46. The van der Waals surface area contributed by atoms with Gasteiger partial charge in [-0.1, -0.05) is 83.1 Å². The standard InChI is InChI=1S/C7H12N2.C6H11N3.C5H9N3.3C2H6/c1-7(2,3)6-4-8-5-9-6;1-6(2,3)5-7-4-8-9-5;1-5(2)8-4-6-3-7-8;3*1-2/h5H,4H2,1-3H3;4H2,1-3H3;3-5H,1-2H3;3*1-2H3. The molecule has 2 aliphatic heterocycles. The fourth-order valence-electron chi connectivity index (χ4n) is 1.81. The van der Waals surface area contributed by atoms with E-state index in [1.165, 1.54) is 5.71 Å². The molecule has 1 aromatic rings. The van der Waals surface area contributed by atoms with E-state index in [-0.39, 0.29) is 10.8 Å². The molecule has 32 heavy (non-hydrogen) atoms. The van der Waals surface area contributed by atoms with Crippen molar-refractivity contribution in [2.45, 2.75) is 103 Å². The number of hydrogen-bond acceptors (Lipinski definition) is 7. The van der Waals surface area contributed by atoms with E-state index in [1.54, 1.807) is 23.7 Å². The Kier molecular flexibility index (Phi) is 20.9. The van der Waals surface area contributed by atoms with Gasteiger partial charge in [0, 0.05) is 22.6 Å². The Labute approximate surface area is 197 Å². The van der Waals surface area contributed by atoms with Crippen molar-refractivity contribution in [3.63, 3.8) is 0 Å². The molecule has 186 valence electrons. The van der Waals surface area contributed by atoms with Crippen LogP contribution in [0.1, 0.15) is 103 Å². The second-order valence-corrected chi connectivity index (χ2v) is 8.37. The van der Waals surface area contributed by atoms with Gasteiger partial charge in [0.25, 0.3) is 0 Å². The third kappa shape index (κ3) is 16.4. The molecule has 0 saturated heterocycles. The van der Waals surface area contributed by atoms with Crippen LogP contribution in [-0.4, -0.2) is 45.9 Å². The molecule has 0 unspecified atom stereocenters. The highest BCUT2D eigenvalue weighted by atomic mass is 15.3. The zero-order chi connectivity index (χ0) is 25.8. The second-order valence-electron chi connectivity index (χ2n) is 8.37. The van der Waals surface area contributed by atoms with Crippen molar-refractivity contribution >= 4 is 17.9 Å². The zero-order valence-corrected chi connectivity index (χ0v) is 23.3. The minimum absolute atomic E-state index is 0.0694. The lowest BCUT2D eigenvalue weighted by Crippen LogP contribution is -2.20. The van der Waals surface area contributed by atoms with E-state index in [1.807, 2.05) is 41.5 Å². The molecule has 3 heterocycles. The molecule has 0 aromatic carbocycles. The molecule has 8 nitrogen and oxygen atoms in total. The lowest BCUT2D eigenvalue weighted by Gasteiger charge is -2.16. The van der Waals surface area contributed by atoms with Gasteiger partial charge in [-0.2, -0.15) is 10.2 Å². The molecule has 0 radical (unpaired) electrons. The van der Waals surface area contributed by atoms with E-state index in [4.69, 9.17) is 0 Å². The third-order valence-corrected chi connectivity index (χ3v) is 3.49. The molecule has 0 amide bonds. The summed E-state index contributed by atoms with van der Waals surface area (Å²) in [6.07, 6.45) is 4.89. The van der Waals surface area contributed by atoms with Crippen molar-refractivity contribution in [1.82, 2.24) is 14.8 Å². The zero-order valence-electron chi connectivity index (χ0n) is 23.3. The quantitative estimate of drug-likeness (QED) is 0.448. The van der Waals surface area contributed by atoms with Gasteiger partial charge in [-0.25, -0.2) is 15.0 Å². The van der Waals surface area contributed by atoms with Gasteiger partial charge in [0.15, 0.2) is 12.5 Å². The van der Waals surface area contributed by atoms with Crippen LogP contribution < -0.4 is 0 Å². The number of aromatic nitrogens is 3. The number of nitrogens with zero attached hydrogens (tertiary/aromatic N) is 8. The molecular weight excluding hydrogens is 400 g/mol. The van der Waals surface area contributed by atoms with Crippen LogP contribution in [0.4, 0.5) is 0 Å². The Balaban J connectivity index is -0.000000353. The number of hydrogen-bond donors (Lipinski definition) is 0. The largest absolute Gasteiger partial charge is 0.267 e. The summed E-state index contributed by atoms with van der Waals surface area (Å²) in [4.78, 5) is 16.0. The maximum Gasteiger partial charge on any atom is 0.153 e. The summed E-state index contributed by atoms with van der Waals surface area (Å²) in [5.74, 6) is 0.863. The highest BCUT2D eigenvalue weighted by Gasteiger charge is 2.20. The average molecular weight is 451 g/mol. The Morgan fingerprint density at radius 2 is 1.44 bits per heavy atom. The van der Waals surface area contributed by atoms with Gasteiger partial charge in [0.2, 0.25) is 0 Å². The first kappa shape index (κ1) is 34.4. The highest BCUT2D eigenvalue weighted by molar-refractivity contribution is 5.99. The Hall–Kier alpha value is -2.25. The van der Waals surface area contributed by atoms with Crippen LogP contribution in [0.25, 0.3) is 0 Å². The molecule has 0 aliphatic carbocycles. The Morgan fingerprint density at radius 1 is 0.875 bits per heavy atom. The van der Waals surface area contributed by atoms with Crippen molar-refractivity contribution in [3.05, 3.63) is 12.7 Å². The Bertz CT molecular complexity index is 655. The lowest BCUT2D eigenvalue weighted by atomic mass is 9.90. The fraction of sp³-hybridized carbons (Fsp3) is 0.792. The van der Waals surface area contributed by atoms with Gasteiger partial charge in [0.1, 0.15) is 19.0 Å². The predicted molar refractivity (Wildman–Crippen MR) is 141 cm³/mol. The summed E-state index contributed by atoms with van der Waals surface area (Å²) < 4.78 is 1.81. The molecule has 1 aromatic heterocycles. The average Bonchev–Trinajstić information content (AvgIpc) is 3.56. The van der Waals surface area contributed by atoms with Crippen LogP contribution in [-0.2, 0) is 0 Å². The summed E-state index contributed by atoms with van der Waals surface area (Å²) >= 11 is 0. The number of rotatable bonds is 1. The van der Waals surface area contributed by atoms with Gasteiger partial charge in [0.05, 0.1) is 6.54 Å². The summed E-state index contributed by atoms with van der Waals surface area (Å²) in [6.45, 7) is 30.1. The summed E-state index contributed by atoms with van der Waals surface area (Å²) in [6, 6.07) is 0.428. The first-order valence-corrected chi connectivity index (χ1v) is 11.8. The van der Waals surface area contributed by atoms with E-state index in [9.17, 15) is 0 Å². The minimum atomic E-state index is 0.0694. The SMILES string of the molecule is CC.CC.CC.CC(C)(C)C1=NC=NC1.CC(C)(C)C1=NCN=N1.CC(C)n1cncn1. The van der Waals surface area contributed by atoms with Crippen molar-refractivity contribution in [3.8, 4) is 0 Å². The van der Waals surface area contributed by atoms with Gasteiger partial charge < -0.3 is 0 Å². The maximum absolute atomic E-state index is 4.13. The third-order valence-electron chi connectivity index (χ3n) is 3.49. The van der Waals surface area contributed by atoms with Crippen molar-refractivity contribution in [1.29, 1.82) is 0 Å². The van der Waals surface area contributed by atoms with Gasteiger partial charge in [-0.15, -0.1) is 5.11 Å². The van der Waals surface area contributed by atoms with Crippen LogP contribution in [0.2, 0.25) is 0 Å². The van der Waals surface area contributed by atoms with E-state index in [0.29, 0.717) is 12.7 Å². The monoisotopic (exact) mass is 450 g/mol. The molecule has 0 spiro atoms. The molecule has 0 bridgehead atoms. The van der Waals surface area contributed by atoms with E-state index < -0.39 is 0 Å². The highest BCUT2D eigenvalue weighted by Crippen LogP contribution is 2.19. The second kappa shape index (κ2) is 19.4. The van der Waals surface area contributed by atoms with Crippen LogP contribution in [0.3, 0.4) is 0 Å². The van der Waals surface area contributed by atoms with E-state index in [0.717, 1.165) is 12.4 Å². The molecule has 0 N–H and O–H groups in total. The molecule has 0 saturated carbocycles. The molecule has 0 atom stereocenters. The van der Waals surface area contributed by atoms with Gasteiger partial charge in [-0.3, -0.25) is 9.67 Å². The summed E-state index contributed by atoms with van der Waals surface area (Å²) in [7, 11) is 0. The van der Waals surface area contributed by atoms with Gasteiger partial charge in [-0.05, 0) is 13.8 Å². The smallest absolute Gasteiger partial charge is 0.153 e. The van der Waals surface area contributed by atoms with Gasteiger partial charge >= 0.3 is 0 Å². The van der Waals surface area contributed by atoms with Crippen LogP contribution in [0.5, 0.6) is 0 Å². The normalized spacial score (nSPS) is 13.5. The Morgan fingerprint density at radius 3 is 1.62 bits per heavy atom. The molecule has 0 fully saturated rings. The first-order valence-electron chi connectivity index (χ1n) is 11.8. The molecule has 3 rings (SSSR count). The predicted octanol–water partition coefficient (Wildman–Crippen LogP) is 7.31. The van der Waals surface area contributed by atoms with E-state index in [2.05, 4.69) is 90.7 Å². The van der Waals surface area contributed by atoms with Crippen LogP contribution in [0.15, 0.2) is 37.9 Å². The molecular formula is C24H50N8. The van der Waals surface area contributed by atoms with Crippen LogP contribution >= 0.6 is 0 Å². The van der Waals surface area contributed by atoms with E-state index >= 15 is 0 Å². The van der Waals surface area contributed by atoms with Crippen LogP contribution in [0, 0.1) is 10.8 Å².